The van der Waals surface area contributed by atoms with Crippen LogP contribution in [0.25, 0.3) is 67.0 Å². The molecule has 0 bridgehead atoms. The van der Waals surface area contributed by atoms with Gasteiger partial charge in [-0.25, -0.2) is 0 Å². The Morgan fingerprint density at radius 1 is 0.314 bits per heavy atom. The predicted molar refractivity (Wildman–Crippen MR) is 423 cm³/mol. The second-order valence-electron chi connectivity index (χ2n) is 29.6. The molecular weight excluding hydrogens is 1240 g/mol. The number of nitrogens with zero attached hydrogens (tertiary/aromatic N) is 6. The highest BCUT2D eigenvalue weighted by molar-refractivity contribution is 5.91. The molecule has 0 spiro atoms. The molecule has 3 aliphatic heterocycles. The van der Waals surface area contributed by atoms with Crippen LogP contribution >= 0.6 is 0 Å². The normalized spacial score (nSPS) is 22.3. The SMILES string of the molecule is CC1(C)c2ccccc2N(c2ccc(CC3(C)c4ccccc4N(c4ccc(CC5(C)c6ccccc6N(c6cccc(-c7cccnc7-c7ccccc7)c6)C6C=CC=CC65)cc4-c4cccc(-c5ccccn5)c4)C4C=CC=CC43)cc2-c2cccc(-c3cccnc3)c2)C2C=CC=CC21. The van der Waals surface area contributed by atoms with Crippen LogP contribution in [0.5, 0.6) is 0 Å². The van der Waals surface area contributed by atoms with Crippen LogP contribution in [-0.2, 0) is 29.1 Å². The van der Waals surface area contributed by atoms with Crippen LogP contribution in [0.15, 0.2) is 352 Å². The van der Waals surface area contributed by atoms with Crippen LogP contribution in [0.3, 0.4) is 0 Å². The molecular formula is C96H80N6. The van der Waals surface area contributed by atoms with Crippen molar-refractivity contribution in [2.24, 2.45) is 17.8 Å². The molecule has 8 atom stereocenters. The molecule has 0 fully saturated rings. The molecule has 3 aromatic heterocycles. The summed E-state index contributed by atoms with van der Waals surface area (Å²) in [7, 11) is 0. The number of benzene rings is 9. The fraction of sp³-hybridized carbons (Fsp3) is 0.156. The molecule has 0 N–H and O–H groups in total. The van der Waals surface area contributed by atoms with E-state index in [1.807, 2.05) is 36.9 Å². The molecule has 6 heteroatoms. The van der Waals surface area contributed by atoms with E-state index >= 15 is 0 Å². The summed E-state index contributed by atoms with van der Waals surface area (Å²) in [6.45, 7) is 9.91. The van der Waals surface area contributed by atoms with Gasteiger partial charge in [-0.05, 0) is 154 Å². The largest absolute Gasteiger partial charge is 0.334 e. The van der Waals surface area contributed by atoms with E-state index in [-0.39, 0.29) is 52.1 Å². The highest BCUT2D eigenvalue weighted by atomic mass is 15.2. The van der Waals surface area contributed by atoms with E-state index in [0.29, 0.717) is 0 Å². The van der Waals surface area contributed by atoms with Crippen molar-refractivity contribution in [2.45, 2.75) is 74.9 Å². The van der Waals surface area contributed by atoms with Gasteiger partial charge in [0.2, 0.25) is 0 Å². The first kappa shape index (κ1) is 62.5. The highest BCUT2D eigenvalue weighted by Crippen LogP contribution is 2.58. The average Bonchev–Trinajstić information content (AvgIpc) is 0.724. The minimum absolute atomic E-state index is 0.0140. The Hall–Kier alpha value is -11.7. The van der Waals surface area contributed by atoms with Gasteiger partial charge in [-0.3, -0.25) is 15.0 Å². The molecule has 8 unspecified atom stereocenters. The van der Waals surface area contributed by atoms with Gasteiger partial charge in [0, 0.05) is 126 Å². The Morgan fingerprint density at radius 3 is 1.40 bits per heavy atom. The predicted octanol–water partition coefficient (Wildman–Crippen LogP) is 22.9. The van der Waals surface area contributed by atoms with Gasteiger partial charge in [-0.15, -0.1) is 0 Å². The van der Waals surface area contributed by atoms with Gasteiger partial charge in [0.05, 0.1) is 29.5 Å². The minimum atomic E-state index is -0.335. The Balaban J connectivity index is 0.750. The number of rotatable bonds is 13. The Morgan fingerprint density at radius 2 is 0.784 bits per heavy atom. The summed E-state index contributed by atoms with van der Waals surface area (Å²) in [5, 5.41) is 0. The zero-order valence-electron chi connectivity index (χ0n) is 58.0. The molecule has 0 amide bonds. The summed E-state index contributed by atoms with van der Waals surface area (Å²) in [6, 6.07) is 95.2. The average molecular weight is 1320 g/mol. The van der Waals surface area contributed by atoms with Gasteiger partial charge in [-0.1, -0.05) is 264 Å². The number of hydrogen-bond donors (Lipinski definition) is 0. The van der Waals surface area contributed by atoms with E-state index < -0.39 is 0 Å². The lowest BCUT2D eigenvalue weighted by atomic mass is 9.61. The molecule has 6 aliphatic rings. The Bertz CT molecular complexity index is 5390. The van der Waals surface area contributed by atoms with E-state index in [2.05, 4.69) is 363 Å². The Labute approximate surface area is 600 Å². The second kappa shape index (κ2) is 25.5. The van der Waals surface area contributed by atoms with E-state index in [1.54, 1.807) is 0 Å². The highest BCUT2D eigenvalue weighted by Gasteiger charge is 2.51. The maximum Gasteiger partial charge on any atom is 0.0780 e. The van der Waals surface area contributed by atoms with Crippen LogP contribution in [0.1, 0.15) is 55.5 Å². The third kappa shape index (κ3) is 10.6. The summed E-state index contributed by atoms with van der Waals surface area (Å²) in [5.74, 6) is 0.501. The minimum Gasteiger partial charge on any atom is -0.334 e. The van der Waals surface area contributed by atoms with E-state index in [0.717, 1.165) is 68.9 Å². The molecule has 102 heavy (non-hydrogen) atoms. The van der Waals surface area contributed by atoms with Crippen molar-refractivity contribution >= 4 is 34.1 Å². The zero-order valence-corrected chi connectivity index (χ0v) is 58.0. The molecule has 18 rings (SSSR count). The lowest BCUT2D eigenvalue weighted by molar-refractivity contribution is 0.301. The van der Waals surface area contributed by atoms with Crippen molar-refractivity contribution in [3.63, 3.8) is 0 Å². The van der Waals surface area contributed by atoms with Gasteiger partial charge < -0.3 is 14.7 Å². The first-order valence-electron chi connectivity index (χ1n) is 36.2. The molecule has 494 valence electrons. The third-order valence-corrected chi connectivity index (χ3v) is 23.3. The van der Waals surface area contributed by atoms with E-state index in [4.69, 9.17) is 9.97 Å². The summed E-state index contributed by atoms with van der Waals surface area (Å²) in [4.78, 5) is 22.3. The topological polar surface area (TPSA) is 48.4 Å². The number of para-hydroxylation sites is 3. The fourth-order valence-corrected chi connectivity index (χ4v) is 18.5. The van der Waals surface area contributed by atoms with Gasteiger partial charge >= 0.3 is 0 Å². The monoisotopic (exact) mass is 1320 g/mol. The van der Waals surface area contributed by atoms with Crippen LogP contribution in [0, 0.1) is 17.8 Å². The number of pyridine rings is 3. The first-order chi connectivity index (χ1) is 50.1. The summed E-state index contributed by atoms with van der Waals surface area (Å²) in [6.07, 6.45) is 37.6. The van der Waals surface area contributed by atoms with Crippen molar-refractivity contribution in [1.82, 2.24) is 15.0 Å². The van der Waals surface area contributed by atoms with Gasteiger partial charge in [0.1, 0.15) is 0 Å². The first-order valence-corrected chi connectivity index (χ1v) is 36.2. The zero-order chi connectivity index (χ0) is 68.5. The summed E-state index contributed by atoms with van der Waals surface area (Å²) in [5.41, 5.74) is 26.5. The summed E-state index contributed by atoms with van der Waals surface area (Å²) >= 11 is 0. The number of allylic oxidation sites excluding steroid dienone is 6. The Kier molecular flexibility index (Phi) is 15.6. The van der Waals surface area contributed by atoms with Gasteiger partial charge in [0.25, 0.3) is 0 Å². The van der Waals surface area contributed by atoms with Crippen molar-refractivity contribution in [3.05, 3.63) is 380 Å². The number of anilines is 6. The van der Waals surface area contributed by atoms with Crippen LogP contribution in [0.2, 0.25) is 0 Å². The quantitative estimate of drug-likeness (QED) is 0.115. The lowest BCUT2D eigenvalue weighted by Crippen LogP contribution is -2.52. The number of hydrogen-bond acceptors (Lipinski definition) is 6. The van der Waals surface area contributed by atoms with Crippen molar-refractivity contribution in [3.8, 4) is 67.0 Å². The summed E-state index contributed by atoms with van der Waals surface area (Å²) < 4.78 is 0. The van der Waals surface area contributed by atoms with Gasteiger partial charge in [0.15, 0.2) is 0 Å². The van der Waals surface area contributed by atoms with Crippen molar-refractivity contribution in [1.29, 1.82) is 0 Å². The van der Waals surface area contributed by atoms with Crippen LogP contribution in [-0.4, -0.2) is 33.1 Å². The third-order valence-electron chi connectivity index (χ3n) is 23.3. The molecule has 12 aromatic rings. The van der Waals surface area contributed by atoms with Crippen LogP contribution < -0.4 is 14.7 Å². The smallest absolute Gasteiger partial charge is 0.0780 e. The molecule has 0 radical (unpaired) electrons. The van der Waals surface area contributed by atoms with Crippen molar-refractivity contribution < 1.29 is 0 Å². The number of aromatic nitrogens is 3. The molecule has 9 aromatic carbocycles. The van der Waals surface area contributed by atoms with Crippen molar-refractivity contribution in [2.75, 3.05) is 14.7 Å². The van der Waals surface area contributed by atoms with Gasteiger partial charge in [-0.2, -0.15) is 0 Å². The molecule has 3 aliphatic carbocycles. The molecule has 0 saturated heterocycles. The second-order valence-corrected chi connectivity index (χ2v) is 29.6. The maximum absolute atomic E-state index is 4.95. The lowest BCUT2D eigenvalue weighted by Gasteiger charge is -2.53. The standard InChI is InChI=1S/C96H80N6/c1-94(2)78-37-8-14-44-87(78)101(88-45-15-9-38-79(88)94)85-52-50-65(57-76(85)69-30-22-29-68(59-69)73-34-25-54-97-64-73)63-96(4)82-41-12-18-48-91(82)102(92-49-19-13-42-83(92)96)86-53-51-66(58-77(86)70-31-23-33-72(60-70)84-43-20-21-55-98-84)62-95(3)80-39-10-16-46-89(80)100(90-47-17-11-40-81(90)95)74-35-24-32-71(61-74)75-36-26-56-99-93(75)67-27-6-5-7-28-67/h5-61,64,78,80,82,87,89,91H,62-63H2,1-4H3. The van der Waals surface area contributed by atoms with E-state index in [1.165, 1.54) is 72.9 Å². The maximum atomic E-state index is 4.95. The van der Waals surface area contributed by atoms with Crippen LogP contribution in [0.4, 0.5) is 34.1 Å². The van der Waals surface area contributed by atoms with E-state index in [9.17, 15) is 0 Å². The molecule has 0 saturated carbocycles. The molecule has 6 heterocycles. The number of fused-ring (bicyclic) bond motifs is 6. The fourth-order valence-electron chi connectivity index (χ4n) is 18.5. The molecule has 6 nitrogen and oxygen atoms in total.